The average molecular weight is 288 g/mol. The topological polar surface area (TPSA) is 69.6 Å². The minimum absolute atomic E-state index is 0.00532. The van der Waals surface area contributed by atoms with Gasteiger partial charge in [-0.05, 0) is 42.5 Å². The minimum Gasteiger partial charge on any atom is -0.481 e. The molecule has 2 aliphatic rings. The highest BCUT2D eigenvalue weighted by molar-refractivity contribution is 5.95. The van der Waals surface area contributed by atoms with Gasteiger partial charge in [0.05, 0.1) is 5.92 Å². The van der Waals surface area contributed by atoms with Gasteiger partial charge in [-0.2, -0.15) is 0 Å². The fourth-order valence-corrected chi connectivity index (χ4v) is 3.24. The quantitative estimate of drug-likeness (QED) is 0.871. The average Bonchev–Trinajstić information content (AvgIpc) is 2.88. The number of anilines is 1. The predicted octanol–water partition coefficient (Wildman–Crippen LogP) is 1.84. The summed E-state index contributed by atoms with van der Waals surface area (Å²) in [6.07, 6.45) is 2.06. The monoisotopic (exact) mass is 288 g/mol. The molecule has 2 aliphatic heterocycles. The number of fused-ring (bicyclic) bond motifs is 1. The molecule has 0 bridgehead atoms. The zero-order valence-electron chi connectivity index (χ0n) is 12.1. The molecule has 2 heterocycles. The molecule has 1 fully saturated rings. The third-order valence-corrected chi connectivity index (χ3v) is 4.51. The van der Waals surface area contributed by atoms with Crippen LogP contribution in [0.4, 0.5) is 5.69 Å². The molecule has 5 nitrogen and oxygen atoms in total. The van der Waals surface area contributed by atoms with Crippen LogP contribution < -0.4 is 5.32 Å². The Bertz CT molecular complexity index is 585. The summed E-state index contributed by atoms with van der Waals surface area (Å²) in [6.45, 7) is 3.70. The maximum atomic E-state index is 12.6. The van der Waals surface area contributed by atoms with Crippen LogP contribution in [0.25, 0.3) is 0 Å². The van der Waals surface area contributed by atoms with Crippen molar-refractivity contribution in [1.29, 1.82) is 0 Å². The third-order valence-electron chi connectivity index (χ3n) is 4.51. The normalized spacial score (nSPS) is 24.3. The molecule has 5 heteroatoms. The van der Waals surface area contributed by atoms with E-state index in [9.17, 15) is 9.59 Å². The number of carboxylic acids is 1. The largest absolute Gasteiger partial charge is 0.481 e. The molecule has 1 aromatic rings. The van der Waals surface area contributed by atoms with E-state index < -0.39 is 11.9 Å². The molecular weight excluding hydrogens is 268 g/mol. The van der Waals surface area contributed by atoms with Gasteiger partial charge in [-0.1, -0.05) is 6.92 Å². The van der Waals surface area contributed by atoms with E-state index in [-0.39, 0.29) is 11.8 Å². The Balaban J connectivity index is 1.78. The van der Waals surface area contributed by atoms with Crippen LogP contribution in [0.1, 0.15) is 29.3 Å². The number of benzene rings is 1. The first kappa shape index (κ1) is 13.9. The number of rotatable bonds is 2. The second-order valence-corrected chi connectivity index (χ2v) is 6.03. The minimum atomic E-state index is -0.813. The lowest BCUT2D eigenvalue weighted by atomic mass is 9.99. The number of aryl methyl sites for hydroxylation is 1. The van der Waals surface area contributed by atoms with Gasteiger partial charge in [-0.15, -0.1) is 0 Å². The molecule has 0 aliphatic carbocycles. The number of carbonyl (C=O) groups is 2. The van der Waals surface area contributed by atoms with Crippen LogP contribution in [-0.2, 0) is 11.2 Å². The van der Waals surface area contributed by atoms with Crippen LogP contribution in [0.2, 0.25) is 0 Å². The molecule has 1 aromatic carbocycles. The Hall–Kier alpha value is -2.04. The smallest absolute Gasteiger partial charge is 0.308 e. The molecule has 0 saturated carbocycles. The molecule has 0 radical (unpaired) electrons. The summed E-state index contributed by atoms with van der Waals surface area (Å²) >= 11 is 0. The predicted molar refractivity (Wildman–Crippen MR) is 79.4 cm³/mol. The van der Waals surface area contributed by atoms with Gasteiger partial charge in [0.1, 0.15) is 0 Å². The lowest BCUT2D eigenvalue weighted by molar-refractivity contribution is -0.142. The van der Waals surface area contributed by atoms with Crippen LogP contribution in [-0.4, -0.2) is 41.5 Å². The highest BCUT2D eigenvalue weighted by Gasteiger charge is 2.37. The molecule has 112 valence electrons. The number of aliphatic carboxylic acids is 1. The van der Waals surface area contributed by atoms with Crippen LogP contribution in [0.3, 0.4) is 0 Å². The fourth-order valence-electron chi connectivity index (χ4n) is 3.24. The summed E-state index contributed by atoms with van der Waals surface area (Å²) in [7, 11) is 0. The summed E-state index contributed by atoms with van der Waals surface area (Å²) in [5.74, 6) is -1.31. The second kappa shape index (κ2) is 5.39. The van der Waals surface area contributed by atoms with Crippen LogP contribution in [0.5, 0.6) is 0 Å². The number of hydrogen-bond acceptors (Lipinski definition) is 3. The second-order valence-electron chi connectivity index (χ2n) is 6.03. The van der Waals surface area contributed by atoms with Gasteiger partial charge in [0.2, 0.25) is 0 Å². The summed E-state index contributed by atoms with van der Waals surface area (Å²) in [5.41, 5.74) is 2.95. The van der Waals surface area contributed by atoms with Gasteiger partial charge in [0.15, 0.2) is 0 Å². The molecule has 1 saturated heterocycles. The maximum absolute atomic E-state index is 12.6. The van der Waals surface area contributed by atoms with E-state index in [0.717, 1.165) is 25.1 Å². The van der Waals surface area contributed by atoms with Gasteiger partial charge in [-0.3, -0.25) is 9.59 Å². The maximum Gasteiger partial charge on any atom is 0.308 e. The van der Waals surface area contributed by atoms with Gasteiger partial charge < -0.3 is 15.3 Å². The zero-order valence-corrected chi connectivity index (χ0v) is 12.1. The summed E-state index contributed by atoms with van der Waals surface area (Å²) < 4.78 is 0. The SMILES string of the molecule is C[C@@H]1CN(C(=O)c2ccc3c(c2)CCCN3)C[C@H]1C(=O)O. The molecule has 0 spiro atoms. The first-order valence-electron chi connectivity index (χ1n) is 7.45. The summed E-state index contributed by atoms with van der Waals surface area (Å²) in [6, 6.07) is 5.73. The molecule has 2 atom stereocenters. The number of nitrogens with zero attached hydrogens (tertiary/aromatic N) is 1. The molecule has 21 heavy (non-hydrogen) atoms. The Kier molecular flexibility index (Phi) is 3.57. The van der Waals surface area contributed by atoms with Crippen molar-refractivity contribution < 1.29 is 14.7 Å². The molecule has 0 unspecified atom stereocenters. The molecule has 0 aromatic heterocycles. The zero-order chi connectivity index (χ0) is 15.0. The van der Waals surface area contributed by atoms with Crippen molar-refractivity contribution in [3.05, 3.63) is 29.3 Å². The van der Waals surface area contributed by atoms with Crippen molar-refractivity contribution in [2.24, 2.45) is 11.8 Å². The Morgan fingerprint density at radius 3 is 2.86 bits per heavy atom. The number of nitrogens with one attached hydrogen (secondary N) is 1. The number of carbonyl (C=O) groups excluding carboxylic acids is 1. The lowest BCUT2D eigenvalue weighted by Crippen LogP contribution is -2.30. The van der Waals surface area contributed by atoms with Crippen molar-refractivity contribution in [3.63, 3.8) is 0 Å². The van der Waals surface area contributed by atoms with Gasteiger partial charge in [0.25, 0.3) is 5.91 Å². The number of amides is 1. The van der Waals surface area contributed by atoms with Gasteiger partial charge in [-0.25, -0.2) is 0 Å². The number of hydrogen-bond donors (Lipinski definition) is 2. The Morgan fingerprint density at radius 1 is 1.33 bits per heavy atom. The first-order chi connectivity index (χ1) is 10.1. The lowest BCUT2D eigenvalue weighted by Gasteiger charge is -2.20. The number of likely N-dealkylation sites (tertiary alicyclic amines) is 1. The number of carboxylic acid groups (broad SMARTS) is 1. The molecule has 1 amide bonds. The van der Waals surface area contributed by atoms with Crippen molar-refractivity contribution in [2.45, 2.75) is 19.8 Å². The summed E-state index contributed by atoms with van der Waals surface area (Å²) in [5, 5.41) is 12.5. The van der Waals surface area contributed by atoms with Crippen molar-refractivity contribution in [3.8, 4) is 0 Å². The Labute approximate surface area is 123 Å². The van der Waals surface area contributed by atoms with E-state index in [1.807, 2.05) is 25.1 Å². The standard InChI is InChI=1S/C16H20N2O3/c1-10-8-18(9-13(10)16(20)21)15(19)12-4-5-14-11(7-12)3-2-6-17-14/h4-5,7,10,13,17H,2-3,6,8-9H2,1H3,(H,20,21)/t10-,13-/m1/s1. The van der Waals surface area contributed by atoms with Gasteiger partial charge in [0, 0.05) is 30.9 Å². The van der Waals surface area contributed by atoms with E-state index in [2.05, 4.69) is 5.32 Å². The highest BCUT2D eigenvalue weighted by atomic mass is 16.4. The molecule has 2 N–H and O–H groups in total. The third kappa shape index (κ3) is 2.60. The first-order valence-corrected chi connectivity index (χ1v) is 7.45. The van der Waals surface area contributed by atoms with Gasteiger partial charge >= 0.3 is 5.97 Å². The fraction of sp³-hybridized carbons (Fsp3) is 0.500. The van der Waals surface area contributed by atoms with Crippen LogP contribution >= 0.6 is 0 Å². The van der Waals surface area contributed by atoms with Crippen LogP contribution in [0, 0.1) is 11.8 Å². The van der Waals surface area contributed by atoms with E-state index >= 15 is 0 Å². The van der Waals surface area contributed by atoms with E-state index in [0.29, 0.717) is 18.7 Å². The summed E-state index contributed by atoms with van der Waals surface area (Å²) in [4.78, 5) is 25.4. The highest BCUT2D eigenvalue weighted by Crippen LogP contribution is 2.27. The van der Waals surface area contributed by atoms with Crippen molar-refractivity contribution >= 4 is 17.6 Å². The van der Waals surface area contributed by atoms with E-state index in [4.69, 9.17) is 5.11 Å². The van der Waals surface area contributed by atoms with E-state index in [1.165, 1.54) is 5.56 Å². The molecule has 3 rings (SSSR count). The molecular formula is C16H20N2O3. The van der Waals surface area contributed by atoms with Crippen molar-refractivity contribution in [1.82, 2.24) is 4.90 Å². The van der Waals surface area contributed by atoms with Crippen molar-refractivity contribution in [2.75, 3.05) is 25.0 Å². The van der Waals surface area contributed by atoms with E-state index in [1.54, 1.807) is 4.90 Å². The Morgan fingerprint density at radius 2 is 2.14 bits per heavy atom. The van der Waals surface area contributed by atoms with Crippen LogP contribution in [0.15, 0.2) is 18.2 Å².